The van der Waals surface area contributed by atoms with E-state index in [4.69, 9.17) is 4.74 Å². The lowest BCUT2D eigenvalue weighted by Crippen LogP contribution is -2.26. The summed E-state index contributed by atoms with van der Waals surface area (Å²) in [4.78, 5) is 16.4. The van der Waals surface area contributed by atoms with Gasteiger partial charge in [-0.3, -0.25) is 0 Å². The monoisotopic (exact) mass is 438 g/mol. The number of anilines is 2. The summed E-state index contributed by atoms with van der Waals surface area (Å²) in [6, 6.07) is 18.6. The molecule has 4 rings (SSSR count). The van der Waals surface area contributed by atoms with E-state index in [2.05, 4.69) is 4.98 Å². The lowest BCUT2D eigenvalue weighted by molar-refractivity contribution is 0.0599. The highest BCUT2D eigenvalue weighted by molar-refractivity contribution is 7.93. The molecule has 0 amide bonds. The molecule has 0 radical (unpaired) electrons. The molecule has 0 saturated heterocycles. The predicted octanol–water partition coefficient (Wildman–Crippen LogP) is 4.92. The van der Waals surface area contributed by atoms with Crippen LogP contribution in [0.15, 0.2) is 77.1 Å². The average Bonchev–Trinajstić information content (AvgIpc) is 3.22. The molecule has 0 aliphatic heterocycles. The normalized spacial score (nSPS) is 11.4. The number of aromatic nitrogens is 1. The van der Waals surface area contributed by atoms with E-state index in [0.29, 0.717) is 16.9 Å². The number of methoxy groups -OCH3 is 1. The molecule has 8 heteroatoms. The summed E-state index contributed by atoms with van der Waals surface area (Å²) in [6.07, 6.45) is 0. The van der Waals surface area contributed by atoms with Crippen molar-refractivity contribution in [2.45, 2.75) is 11.8 Å². The molecule has 1 aromatic heterocycles. The number of ether oxygens (including phenoxy) is 1. The minimum Gasteiger partial charge on any atom is -0.465 e. The fourth-order valence-electron chi connectivity index (χ4n) is 3.16. The third-order valence-corrected chi connectivity index (χ3v) is 7.24. The Hall–Kier alpha value is -3.23. The minimum atomic E-state index is -4.03. The van der Waals surface area contributed by atoms with Crippen LogP contribution in [-0.4, -0.2) is 26.5 Å². The second-order valence-corrected chi connectivity index (χ2v) is 9.25. The zero-order chi connectivity index (χ0) is 21.3. The highest BCUT2D eigenvalue weighted by Gasteiger charge is 2.28. The molecule has 1 heterocycles. The van der Waals surface area contributed by atoms with Gasteiger partial charge in [0.1, 0.15) is 0 Å². The average molecular weight is 439 g/mol. The quantitative estimate of drug-likeness (QED) is 0.414. The molecule has 0 aliphatic rings. The molecule has 3 aromatic carbocycles. The summed E-state index contributed by atoms with van der Waals surface area (Å²) in [5.74, 6) is -0.582. The van der Waals surface area contributed by atoms with E-state index in [0.717, 1.165) is 10.2 Å². The van der Waals surface area contributed by atoms with Crippen LogP contribution >= 0.6 is 11.3 Å². The van der Waals surface area contributed by atoms with Crippen LogP contribution < -0.4 is 4.31 Å². The number of benzene rings is 3. The van der Waals surface area contributed by atoms with Crippen molar-refractivity contribution in [2.75, 3.05) is 11.4 Å². The van der Waals surface area contributed by atoms with Gasteiger partial charge in [0.15, 0.2) is 0 Å². The van der Waals surface area contributed by atoms with Gasteiger partial charge in [0.25, 0.3) is 10.0 Å². The number of hydrogen-bond acceptors (Lipinski definition) is 6. The first-order valence-electron chi connectivity index (χ1n) is 9.04. The number of para-hydroxylation sites is 1. The lowest BCUT2D eigenvalue weighted by atomic mass is 10.1. The summed E-state index contributed by atoms with van der Waals surface area (Å²) in [5.41, 5.74) is 4.35. The Balaban J connectivity index is 1.91. The van der Waals surface area contributed by atoms with Gasteiger partial charge in [-0.25, -0.2) is 22.5 Å². The van der Waals surface area contributed by atoms with Crippen LogP contribution in [0.4, 0.5) is 11.4 Å². The Kier molecular flexibility index (Phi) is 5.27. The molecule has 152 valence electrons. The maximum Gasteiger partial charge on any atom is 0.338 e. The summed E-state index contributed by atoms with van der Waals surface area (Å²) in [7, 11) is -2.76. The van der Waals surface area contributed by atoms with E-state index < -0.39 is 16.0 Å². The number of hydrogen-bond donors (Lipinski definition) is 0. The summed E-state index contributed by atoms with van der Waals surface area (Å²) in [6.45, 7) is 1.73. The van der Waals surface area contributed by atoms with Gasteiger partial charge in [-0.2, -0.15) is 0 Å². The van der Waals surface area contributed by atoms with Crippen molar-refractivity contribution in [1.29, 1.82) is 0 Å². The van der Waals surface area contributed by atoms with Crippen molar-refractivity contribution in [3.8, 4) is 0 Å². The number of aryl methyl sites for hydroxylation is 1. The number of rotatable bonds is 5. The first-order valence-corrected chi connectivity index (χ1v) is 11.4. The van der Waals surface area contributed by atoms with Gasteiger partial charge >= 0.3 is 5.97 Å². The van der Waals surface area contributed by atoms with Crippen LogP contribution in [0.2, 0.25) is 0 Å². The van der Waals surface area contributed by atoms with Gasteiger partial charge in [0, 0.05) is 0 Å². The van der Waals surface area contributed by atoms with Crippen molar-refractivity contribution in [3.05, 3.63) is 83.4 Å². The smallest absolute Gasteiger partial charge is 0.338 e. The number of carbonyl (C=O) groups is 1. The fraction of sp³-hybridized carbons (Fsp3) is 0.0909. The minimum absolute atomic E-state index is 0.00162. The van der Waals surface area contributed by atoms with Gasteiger partial charge in [-0.1, -0.05) is 24.3 Å². The summed E-state index contributed by atoms with van der Waals surface area (Å²) in [5, 5.41) is 0. The molecule has 0 saturated carbocycles. The van der Waals surface area contributed by atoms with Crippen molar-refractivity contribution >= 4 is 48.9 Å². The largest absolute Gasteiger partial charge is 0.465 e. The maximum absolute atomic E-state index is 13.7. The highest BCUT2D eigenvalue weighted by atomic mass is 32.2. The van der Waals surface area contributed by atoms with Crippen molar-refractivity contribution in [3.63, 3.8) is 0 Å². The molecule has 30 heavy (non-hydrogen) atoms. The number of fused-ring (bicyclic) bond motifs is 1. The maximum atomic E-state index is 13.7. The first kappa shape index (κ1) is 20.1. The molecule has 0 spiro atoms. The van der Waals surface area contributed by atoms with Crippen LogP contribution in [0.5, 0.6) is 0 Å². The van der Waals surface area contributed by atoms with Crippen LogP contribution in [0, 0.1) is 6.92 Å². The molecule has 0 N–H and O–H groups in total. The Bertz CT molecular complexity index is 1330. The number of carbonyl (C=O) groups excluding carboxylic acids is 1. The van der Waals surface area contributed by atoms with Crippen LogP contribution in [0.3, 0.4) is 0 Å². The van der Waals surface area contributed by atoms with Crippen molar-refractivity contribution in [2.24, 2.45) is 0 Å². The number of thiazole rings is 1. The summed E-state index contributed by atoms with van der Waals surface area (Å²) >= 11 is 1.44. The molecule has 0 atom stereocenters. The van der Waals surface area contributed by atoms with Gasteiger partial charge in [-0.05, 0) is 55.0 Å². The molecule has 0 fully saturated rings. The van der Waals surface area contributed by atoms with Gasteiger partial charge < -0.3 is 4.74 Å². The molecule has 0 aliphatic carbocycles. The number of esters is 1. The van der Waals surface area contributed by atoms with E-state index in [1.807, 2.05) is 6.07 Å². The molecular weight excluding hydrogens is 420 g/mol. The SMILES string of the molecule is COC(=O)c1cc(S(=O)(=O)N(c2ccccc2)c2ccc3ncsc3c2)ccc1C. The van der Waals surface area contributed by atoms with E-state index >= 15 is 0 Å². The Morgan fingerprint density at radius 2 is 1.77 bits per heavy atom. The van der Waals surface area contributed by atoms with E-state index in [-0.39, 0.29) is 10.5 Å². The van der Waals surface area contributed by atoms with Crippen molar-refractivity contribution < 1.29 is 17.9 Å². The highest BCUT2D eigenvalue weighted by Crippen LogP contribution is 2.35. The Labute approximate surface area is 178 Å². The zero-order valence-electron chi connectivity index (χ0n) is 16.3. The second kappa shape index (κ2) is 7.89. The number of nitrogens with zero attached hydrogens (tertiary/aromatic N) is 2. The van der Waals surface area contributed by atoms with Gasteiger partial charge in [0.05, 0.1) is 44.7 Å². The molecule has 0 bridgehead atoms. The molecular formula is C22H18N2O4S2. The standard InChI is InChI=1S/C22H18N2O4S2/c1-15-8-10-18(13-19(15)22(25)28-2)30(26,27)24(16-6-4-3-5-7-16)17-9-11-20-21(12-17)29-14-23-20/h3-14H,1-2H3. The van der Waals surface area contributed by atoms with Crippen LogP contribution in [0.25, 0.3) is 10.2 Å². The van der Waals surface area contributed by atoms with Crippen LogP contribution in [-0.2, 0) is 14.8 Å². The van der Waals surface area contributed by atoms with E-state index in [1.165, 1.54) is 34.9 Å². The van der Waals surface area contributed by atoms with Gasteiger partial charge in [0.2, 0.25) is 0 Å². The molecule has 0 unspecified atom stereocenters. The van der Waals surface area contributed by atoms with Crippen molar-refractivity contribution in [1.82, 2.24) is 4.98 Å². The Morgan fingerprint density at radius 1 is 1.00 bits per heavy atom. The second-order valence-electron chi connectivity index (χ2n) is 6.58. The van der Waals surface area contributed by atoms with Gasteiger partial charge in [-0.15, -0.1) is 11.3 Å². The Morgan fingerprint density at radius 3 is 2.50 bits per heavy atom. The molecule has 6 nitrogen and oxygen atoms in total. The first-order chi connectivity index (χ1) is 14.4. The summed E-state index contributed by atoms with van der Waals surface area (Å²) < 4.78 is 34.4. The van der Waals surface area contributed by atoms with Crippen LogP contribution in [0.1, 0.15) is 15.9 Å². The number of sulfonamides is 1. The lowest BCUT2D eigenvalue weighted by Gasteiger charge is -2.25. The zero-order valence-corrected chi connectivity index (χ0v) is 17.9. The third-order valence-electron chi connectivity index (χ3n) is 4.69. The van der Waals surface area contributed by atoms with E-state index in [1.54, 1.807) is 61.0 Å². The fourth-order valence-corrected chi connectivity index (χ4v) is 5.38. The third kappa shape index (κ3) is 3.55. The van der Waals surface area contributed by atoms with E-state index in [9.17, 15) is 13.2 Å². The molecule has 4 aromatic rings. The topological polar surface area (TPSA) is 76.6 Å². The predicted molar refractivity (Wildman–Crippen MR) is 118 cm³/mol.